The second-order valence-corrected chi connectivity index (χ2v) is 3.74. The lowest BCUT2D eigenvalue weighted by Gasteiger charge is -2.08. The Balaban J connectivity index is 0. The Morgan fingerprint density at radius 2 is 2.06 bits per heavy atom. The van der Waals surface area contributed by atoms with Crippen LogP contribution in [0.15, 0.2) is 23.2 Å². The van der Waals surface area contributed by atoms with Crippen LogP contribution in [-0.2, 0) is 6.42 Å². The number of hydrogen-bond donors (Lipinski definition) is 3. The van der Waals surface area contributed by atoms with Crippen molar-refractivity contribution in [1.29, 1.82) is 0 Å². The topological polar surface area (TPSA) is 76.4 Å². The van der Waals surface area contributed by atoms with E-state index in [0.717, 1.165) is 17.7 Å². The van der Waals surface area contributed by atoms with Gasteiger partial charge < -0.3 is 16.8 Å². The zero-order valence-corrected chi connectivity index (χ0v) is 12.5. The number of rotatable bonds is 4. The molecular formula is C11H19Cl3N4. The lowest BCUT2D eigenvalue weighted by Crippen LogP contribution is -2.22. The molecule has 1 aromatic carbocycles. The van der Waals surface area contributed by atoms with Crippen LogP contribution < -0.4 is 16.8 Å². The van der Waals surface area contributed by atoms with Gasteiger partial charge in [-0.25, -0.2) is 0 Å². The fourth-order valence-electron chi connectivity index (χ4n) is 1.34. The van der Waals surface area contributed by atoms with Crippen molar-refractivity contribution in [2.75, 3.05) is 18.4 Å². The summed E-state index contributed by atoms with van der Waals surface area (Å²) >= 11 is 6.09. The first-order chi connectivity index (χ1) is 7.67. The number of halogens is 3. The highest BCUT2D eigenvalue weighted by Gasteiger charge is 2.01. The van der Waals surface area contributed by atoms with Crippen LogP contribution in [-0.4, -0.2) is 19.0 Å². The molecule has 0 saturated heterocycles. The number of hydrogen-bond acceptors (Lipinski definition) is 2. The van der Waals surface area contributed by atoms with Crippen LogP contribution in [0, 0.1) is 0 Å². The molecule has 4 nitrogen and oxygen atoms in total. The molecule has 0 saturated carbocycles. The minimum Gasteiger partial charge on any atom is -0.370 e. The van der Waals surface area contributed by atoms with Crippen molar-refractivity contribution < 1.29 is 0 Å². The minimum atomic E-state index is 0. The molecule has 0 heterocycles. The number of aliphatic imine (C=N–C) groups is 1. The van der Waals surface area contributed by atoms with Gasteiger partial charge in [-0.2, -0.15) is 0 Å². The molecule has 0 spiro atoms. The number of nitrogens with one attached hydrogen (secondary N) is 1. The summed E-state index contributed by atoms with van der Waals surface area (Å²) in [4.78, 5) is 4.03. The summed E-state index contributed by atoms with van der Waals surface area (Å²) in [6.45, 7) is 3.16. The number of nitrogens with zero attached hydrogens (tertiary/aromatic N) is 1. The number of nitrogens with two attached hydrogens (primary N) is 2. The summed E-state index contributed by atoms with van der Waals surface area (Å²) in [7, 11) is 0. The molecule has 1 aromatic rings. The molecule has 0 amide bonds. The van der Waals surface area contributed by atoms with Crippen LogP contribution >= 0.6 is 36.4 Å². The second-order valence-electron chi connectivity index (χ2n) is 3.33. The highest BCUT2D eigenvalue weighted by molar-refractivity contribution is 6.31. The summed E-state index contributed by atoms with van der Waals surface area (Å²) in [5.41, 5.74) is 13.0. The summed E-state index contributed by atoms with van der Waals surface area (Å²) in [5.74, 6) is 0.394. The standard InChI is InChI=1S/C11H17ClN4.2ClH/c1-2-15-11(14)16-9-4-3-8(5-6-13)10(12)7-9;;/h3-4,7H,2,5-6,13H2,1H3,(H3,14,15,16);2*1H. The first-order valence-corrected chi connectivity index (χ1v) is 5.60. The van der Waals surface area contributed by atoms with Gasteiger partial charge >= 0.3 is 0 Å². The molecular weight excluding hydrogens is 295 g/mol. The molecule has 0 aliphatic carbocycles. The van der Waals surface area contributed by atoms with Crippen LogP contribution in [0.4, 0.5) is 5.69 Å². The van der Waals surface area contributed by atoms with Gasteiger partial charge in [-0.1, -0.05) is 17.7 Å². The number of guanidine groups is 1. The molecule has 1 rings (SSSR count). The first-order valence-electron chi connectivity index (χ1n) is 5.22. The monoisotopic (exact) mass is 312 g/mol. The van der Waals surface area contributed by atoms with E-state index in [1.165, 1.54) is 0 Å². The van der Waals surface area contributed by atoms with Crippen molar-refractivity contribution in [1.82, 2.24) is 0 Å². The molecule has 0 fully saturated rings. The average Bonchev–Trinajstić information content (AvgIpc) is 2.22. The van der Waals surface area contributed by atoms with Gasteiger partial charge in [0.05, 0.1) is 0 Å². The van der Waals surface area contributed by atoms with Gasteiger partial charge in [0.1, 0.15) is 0 Å². The summed E-state index contributed by atoms with van der Waals surface area (Å²) in [6, 6.07) is 5.68. The van der Waals surface area contributed by atoms with Gasteiger partial charge in [0, 0.05) is 17.3 Å². The largest absolute Gasteiger partial charge is 0.370 e. The molecule has 0 aliphatic rings. The van der Waals surface area contributed by atoms with E-state index in [2.05, 4.69) is 10.3 Å². The molecule has 0 aliphatic heterocycles. The van der Waals surface area contributed by atoms with Gasteiger partial charge in [0.25, 0.3) is 0 Å². The molecule has 0 atom stereocenters. The van der Waals surface area contributed by atoms with Gasteiger partial charge in [-0.15, -0.1) is 24.8 Å². The maximum absolute atomic E-state index is 6.09. The van der Waals surface area contributed by atoms with Crippen LogP contribution in [0.25, 0.3) is 0 Å². The highest BCUT2D eigenvalue weighted by atomic mass is 35.5. The summed E-state index contributed by atoms with van der Waals surface area (Å²) in [6.07, 6.45) is 0.775. The average molecular weight is 314 g/mol. The Morgan fingerprint density at radius 1 is 1.39 bits per heavy atom. The summed E-state index contributed by atoms with van der Waals surface area (Å²) < 4.78 is 0. The van der Waals surface area contributed by atoms with Crippen molar-refractivity contribution in [3.05, 3.63) is 28.8 Å². The van der Waals surface area contributed by atoms with Crippen LogP contribution in [0.2, 0.25) is 5.02 Å². The van der Waals surface area contributed by atoms with E-state index >= 15 is 0 Å². The van der Waals surface area contributed by atoms with Crippen LogP contribution in [0.3, 0.4) is 0 Å². The van der Waals surface area contributed by atoms with Gasteiger partial charge in [-0.3, -0.25) is 4.99 Å². The predicted molar refractivity (Wildman–Crippen MR) is 84.5 cm³/mol. The van der Waals surface area contributed by atoms with Crippen molar-refractivity contribution in [2.24, 2.45) is 16.5 Å². The first kappa shape index (κ1) is 19.7. The van der Waals surface area contributed by atoms with Crippen LogP contribution in [0.1, 0.15) is 12.5 Å². The van der Waals surface area contributed by atoms with E-state index in [1.807, 2.05) is 25.1 Å². The Bertz CT molecular complexity index is 383. The molecule has 104 valence electrons. The third-order valence-corrected chi connectivity index (χ3v) is 2.42. The molecule has 18 heavy (non-hydrogen) atoms. The third kappa shape index (κ3) is 6.31. The van der Waals surface area contributed by atoms with E-state index in [1.54, 1.807) is 0 Å². The molecule has 7 heteroatoms. The second kappa shape index (κ2) is 10.3. The van der Waals surface area contributed by atoms with Crippen LogP contribution in [0.5, 0.6) is 0 Å². The normalized spacial score (nSPS) is 10.3. The van der Waals surface area contributed by atoms with Crippen molar-refractivity contribution >= 4 is 48.1 Å². The Labute approximate surface area is 125 Å². The lowest BCUT2D eigenvalue weighted by atomic mass is 10.1. The molecule has 0 radical (unpaired) electrons. The predicted octanol–water partition coefficient (Wildman–Crippen LogP) is 2.43. The highest BCUT2D eigenvalue weighted by Crippen LogP contribution is 2.21. The van der Waals surface area contributed by atoms with E-state index < -0.39 is 0 Å². The van der Waals surface area contributed by atoms with Gasteiger partial charge in [-0.05, 0) is 37.6 Å². The van der Waals surface area contributed by atoms with Crippen molar-refractivity contribution in [2.45, 2.75) is 13.3 Å². The zero-order chi connectivity index (χ0) is 12.0. The molecule has 0 unspecified atom stereocenters. The fourth-order valence-corrected chi connectivity index (χ4v) is 1.62. The quantitative estimate of drug-likeness (QED) is 0.590. The Hall–Kier alpha value is -0.680. The van der Waals surface area contributed by atoms with Gasteiger partial charge in [0.2, 0.25) is 0 Å². The molecule has 5 N–H and O–H groups in total. The van der Waals surface area contributed by atoms with E-state index in [-0.39, 0.29) is 24.8 Å². The van der Waals surface area contributed by atoms with E-state index in [0.29, 0.717) is 24.1 Å². The van der Waals surface area contributed by atoms with E-state index in [9.17, 15) is 0 Å². The Kier molecular flexibility index (Phi) is 11.2. The molecule has 0 bridgehead atoms. The number of benzene rings is 1. The number of anilines is 1. The molecule has 0 aromatic heterocycles. The SMILES string of the molecule is CCN=C(N)Nc1ccc(CCN)c(Cl)c1.Cl.Cl. The maximum Gasteiger partial charge on any atom is 0.193 e. The minimum absolute atomic E-state index is 0. The van der Waals surface area contributed by atoms with Gasteiger partial charge in [0.15, 0.2) is 5.96 Å². The van der Waals surface area contributed by atoms with E-state index in [4.69, 9.17) is 23.1 Å². The summed E-state index contributed by atoms with van der Waals surface area (Å²) in [5, 5.41) is 3.66. The fraction of sp³-hybridized carbons (Fsp3) is 0.364. The maximum atomic E-state index is 6.09. The Morgan fingerprint density at radius 3 is 2.56 bits per heavy atom. The third-order valence-electron chi connectivity index (χ3n) is 2.07. The van der Waals surface area contributed by atoms with Crippen molar-refractivity contribution in [3.63, 3.8) is 0 Å². The smallest absolute Gasteiger partial charge is 0.193 e. The zero-order valence-electron chi connectivity index (χ0n) is 10.1. The lowest BCUT2D eigenvalue weighted by molar-refractivity contribution is 0.969. The van der Waals surface area contributed by atoms with Crippen molar-refractivity contribution in [3.8, 4) is 0 Å².